The van der Waals surface area contributed by atoms with Gasteiger partial charge in [-0.2, -0.15) is 0 Å². The van der Waals surface area contributed by atoms with E-state index in [0.29, 0.717) is 0 Å². The van der Waals surface area contributed by atoms with Gasteiger partial charge in [0.25, 0.3) is 0 Å². The summed E-state index contributed by atoms with van der Waals surface area (Å²) in [7, 11) is 2.15. The predicted octanol–water partition coefficient (Wildman–Crippen LogP) is 3.41. The summed E-state index contributed by atoms with van der Waals surface area (Å²) in [6.45, 7) is 4.20. The van der Waals surface area contributed by atoms with Gasteiger partial charge in [0.05, 0.1) is 0 Å². The van der Waals surface area contributed by atoms with Crippen LogP contribution in [0.15, 0.2) is 42.5 Å². The fourth-order valence-corrected chi connectivity index (χ4v) is 2.79. The van der Waals surface area contributed by atoms with Crippen LogP contribution in [0.4, 0.5) is 11.4 Å². The van der Waals surface area contributed by atoms with Gasteiger partial charge in [0.2, 0.25) is 0 Å². The number of fused-ring (bicyclic) bond motifs is 1. The van der Waals surface area contributed by atoms with Crippen molar-refractivity contribution in [2.45, 2.75) is 19.9 Å². The third-order valence-electron chi connectivity index (χ3n) is 3.87. The molecule has 2 aromatic rings. The zero-order chi connectivity index (χ0) is 13.2. The molecular formula is C17H20N2. The van der Waals surface area contributed by atoms with E-state index < -0.39 is 0 Å². The second kappa shape index (κ2) is 5.06. The quantitative estimate of drug-likeness (QED) is 0.881. The zero-order valence-electron chi connectivity index (χ0n) is 11.6. The summed E-state index contributed by atoms with van der Waals surface area (Å²) >= 11 is 0. The van der Waals surface area contributed by atoms with Crippen LogP contribution in [0.2, 0.25) is 0 Å². The maximum absolute atomic E-state index is 3.47. The molecule has 2 nitrogen and oxygen atoms in total. The minimum absolute atomic E-state index is 0.974. The molecule has 0 spiro atoms. The first kappa shape index (κ1) is 12.2. The lowest BCUT2D eigenvalue weighted by Gasteiger charge is -2.27. The number of hydrogen-bond donors (Lipinski definition) is 1. The van der Waals surface area contributed by atoms with E-state index >= 15 is 0 Å². The van der Waals surface area contributed by atoms with Crippen LogP contribution in [0.25, 0.3) is 0 Å². The van der Waals surface area contributed by atoms with Crippen LogP contribution in [-0.4, -0.2) is 13.6 Å². The zero-order valence-corrected chi connectivity index (χ0v) is 11.6. The summed E-state index contributed by atoms with van der Waals surface area (Å²) < 4.78 is 0. The number of nitrogens with one attached hydrogen (secondary N) is 1. The molecule has 0 unspecified atom stereocenters. The number of anilines is 2. The molecule has 2 heteroatoms. The van der Waals surface area contributed by atoms with Gasteiger partial charge in [-0.3, -0.25) is 0 Å². The average Bonchev–Trinajstić information content (AvgIpc) is 2.46. The predicted molar refractivity (Wildman–Crippen MR) is 81.1 cm³/mol. The maximum Gasteiger partial charge on any atom is 0.0456 e. The van der Waals surface area contributed by atoms with E-state index in [1.807, 2.05) is 0 Å². The average molecular weight is 252 g/mol. The van der Waals surface area contributed by atoms with E-state index in [9.17, 15) is 0 Å². The number of aryl methyl sites for hydroxylation is 1. The van der Waals surface area contributed by atoms with Crippen molar-refractivity contribution in [3.63, 3.8) is 0 Å². The van der Waals surface area contributed by atoms with Gasteiger partial charge < -0.3 is 10.2 Å². The number of hydrogen-bond acceptors (Lipinski definition) is 2. The molecule has 19 heavy (non-hydrogen) atoms. The van der Waals surface area contributed by atoms with Crippen molar-refractivity contribution < 1.29 is 0 Å². The number of benzene rings is 2. The molecule has 98 valence electrons. The first-order chi connectivity index (χ1) is 9.25. The number of nitrogens with zero attached hydrogens (tertiary/aromatic N) is 1. The summed E-state index contributed by atoms with van der Waals surface area (Å²) in [6, 6.07) is 15.3. The highest BCUT2D eigenvalue weighted by Gasteiger charge is 2.15. The molecule has 1 aliphatic heterocycles. The molecule has 1 aliphatic rings. The summed E-state index contributed by atoms with van der Waals surface area (Å²) in [4.78, 5) is 2.29. The third kappa shape index (κ3) is 2.36. The summed E-state index contributed by atoms with van der Waals surface area (Å²) in [5.41, 5.74) is 6.79. The highest BCUT2D eigenvalue weighted by molar-refractivity contribution is 5.67. The molecule has 0 saturated heterocycles. The Morgan fingerprint density at radius 2 is 1.95 bits per heavy atom. The van der Waals surface area contributed by atoms with Crippen LogP contribution >= 0.6 is 0 Å². The molecule has 0 aromatic heterocycles. The fourth-order valence-electron chi connectivity index (χ4n) is 2.79. The van der Waals surface area contributed by atoms with Crippen LogP contribution in [-0.2, 0) is 13.0 Å². The lowest BCUT2D eigenvalue weighted by Crippen LogP contribution is -2.26. The molecule has 0 amide bonds. The highest BCUT2D eigenvalue weighted by Crippen LogP contribution is 2.30. The van der Waals surface area contributed by atoms with Gasteiger partial charge in [0.1, 0.15) is 0 Å². The summed E-state index contributed by atoms with van der Waals surface area (Å²) in [5, 5.41) is 3.47. The second-order valence-electron chi connectivity index (χ2n) is 5.24. The Morgan fingerprint density at radius 1 is 1.11 bits per heavy atom. The van der Waals surface area contributed by atoms with Crippen molar-refractivity contribution in [1.82, 2.24) is 5.32 Å². The third-order valence-corrected chi connectivity index (χ3v) is 3.87. The second-order valence-corrected chi connectivity index (χ2v) is 5.24. The molecular weight excluding hydrogens is 232 g/mol. The Bertz CT molecular complexity index is 590. The maximum atomic E-state index is 3.47. The molecule has 0 saturated carbocycles. The molecule has 0 bridgehead atoms. The van der Waals surface area contributed by atoms with Crippen LogP contribution in [0.1, 0.15) is 16.7 Å². The van der Waals surface area contributed by atoms with E-state index in [2.05, 4.69) is 66.7 Å². The molecule has 0 radical (unpaired) electrons. The van der Waals surface area contributed by atoms with Gasteiger partial charge in [0.15, 0.2) is 0 Å². The van der Waals surface area contributed by atoms with Crippen molar-refractivity contribution in [3.8, 4) is 0 Å². The topological polar surface area (TPSA) is 15.3 Å². The Kier molecular flexibility index (Phi) is 3.26. The van der Waals surface area contributed by atoms with Gasteiger partial charge in [-0.15, -0.1) is 0 Å². The van der Waals surface area contributed by atoms with Crippen molar-refractivity contribution in [2.75, 3.05) is 18.5 Å². The van der Waals surface area contributed by atoms with Crippen molar-refractivity contribution >= 4 is 11.4 Å². The Hall–Kier alpha value is -1.80. The van der Waals surface area contributed by atoms with Gasteiger partial charge in [-0.05, 0) is 54.8 Å². The Balaban J connectivity index is 2.02. The molecule has 0 fully saturated rings. The van der Waals surface area contributed by atoms with Crippen molar-refractivity contribution in [3.05, 3.63) is 59.2 Å². The molecule has 1 N–H and O–H groups in total. The molecule has 0 atom stereocenters. The van der Waals surface area contributed by atoms with Crippen LogP contribution < -0.4 is 10.2 Å². The van der Waals surface area contributed by atoms with E-state index in [-0.39, 0.29) is 0 Å². The monoisotopic (exact) mass is 252 g/mol. The van der Waals surface area contributed by atoms with E-state index in [0.717, 1.165) is 19.5 Å². The van der Waals surface area contributed by atoms with Crippen LogP contribution in [0, 0.1) is 6.92 Å². The first-order valence-electron chi connectivity index (χ1n) is 6.87. The molecule has 2 aromatic carbocycles. The number of rotatable bonds is 2. The Labute approximate surface area is 115 Å². The lowest BCUT2D eigenvalue weighted by molar-refractivity contribution is 0.643. The summed E-state index contributed by atoms with van der Waals surface area (Å²) in [6.07, 6.45) is 1.13. The fraction of sp³-hybridized carbons (Fsp3) is 0.294. The highest BCUT2D eigenvalue weighted by atomic mass is 15.1. The van der Waals surface area contributed by atoms with Gasteiger partial charge in [-0.25, -0.2) is 0 Å². The SMILES string of the molecule is Cc1cccc(N(C)c2cccc3c2CNCC3)c1. The minimum Gasteiger partial charge on any atom is -0.344 e. The first-order valence-corrected chi connectivity index (χ1v) is 6.87. The Morgan fingerprint density at radius 3 is 2.79 bits per heavy atom. The van der Waals surface area contributed by atoms with Gasteiger partial charge in [0, 0.05) is 25.0 Å². The lowest BCUT2D eigenvalue weighted by atomic mass is 9.98. The van der Waals surface area contributed by atoms with E-state index in [4.69, 9.17) is 0 Å². The summed E-state index contributed by atoms with van der Waals surface area (Å²) in [5.74, 6) is 0. The molecule has 0 aliphatic carbocycles. The standard InChI is InChI=1S/C17H20N2/c1-13-5-3-7-15(11-13)19(2)17-8-4-6-14-9-10-18-12-16(14)17/h3-8,11,18H,9-10,12H2,1-2H3. The van der Waals surface area contributed by atoms with E-state index in [1.54, 1.807) is 0 Å². The van der Waals surface area contributed by atoms with E-state index in [1.165, 1.54) is 28.1 Å². The minimum atomic E-state index is 0.974. The molecule has 3 rings (SSSR count). The largest absolute Gasteiger partial charge is 0.344 e. The van der Waals surface area contributed by atoms with Crippen LogP contribution in [0.5, 0.6) is 0 Å². The van der Waals surface area contributed by atoms with Crippen molar-refractivity contribution in [1.29, 1.82) is 0 Å². The van der Waals surface area contributed by atoms with Gasteiger partial charge >= 0.3 is 0 Å². The smallest absolute Gasteiger partial charge is 0.0456 e. The van der Waals surface area contributed by atoms with Gasteiger partial charge in [-0.1, -0.05) is 24.3 Å². The molecule has 1 heterocycles. The van der Waals surface area contributed by atoms with Crippen LogP contribution in [0.3, 0.4) is 0 Å². The van der Waals surface area contributed by atoms with Crippen molar-refractivity contribution in [2.24, 2.45) is 0 Å². The normalized spacial score (nSPS) is 14.0.